The standard InChI is InChI=1S/C21H36N4O4S/c1-5-30(26,27)25(3)15-9-14-23-21(22-2)24-16-17-10-8-13-19(28-4)20(17)29-18-11-6-7-12-18/h8,10,13,18H,5-7,9,11-12,14-16H2,1-4H3,(H2,22,23,24). The van der Waals surface area contributed by atoms with Gasteiger partial charge in [-0.1, -0.05) is 12.1 Å². The number of hydrogen-bond acceptors (Lipinski definition) is 5. The third kappa shape index (κ3) is 7.05. The Kier molecular flexibility index (Phi) is 9.71. The van der Waals surface area contributed by atoms with Gasteiger partial charge in [-0.2, -0.15) is 0 Å². The third-order valence-electron chi connectivity index (χ3n) is 5.32. The Morgan fingerprint density at radius 3 is 2.63 bits per heavy atom. The lowest BCUT2D eigenvalue weighted by molar-refractivity contribution is 0.198. The van der Waals surface area contributed by atoms with Gasteiger partial charge in [0.15, 0.2) is 17.5 Å². The van der Waals surface area contributed by atoms with E-state index >= 15 is 0 Å². The Bertz CT molecular complexity index is 792. The van der Waals surface area contributed by atoms with Crippen LogP contribution in [0.5, 0.6) is 11.5 Å². The highest BCUT2D eigenvalue weighted by molar-refractivity contribution is 7.89. The molecule has 0 heterocycles. The second-order valence-corrected chi connectivity index (χ2v) is 9.77. The first-order valence-corrected chi connectivity index (χ1v) is 12.2. The zero-order chi connectivity index (χ0) is 22.0. The van der Waals surface area contributed by atoms with Crippen LogP contribution in [0.3, 0.4) is 0 Å². The first-order chi connectivity index (χ1) is 14.4. The maximum absolute atomic E-state index is 11.8. The van der Waals surface area contributed by atoms with Crippen molar-refractivity contribution in [3.63, 3.8) is 0 Å². The van der Waals surface area contributed by atoms with E-state index in [1.165, 1.54) is 17.1 Å². The fourth-order valence-electron chi connectivity index (χ4n) is 3.44. The van der Waals surface area contributed by atoms with Crippen molar-refractivity contribution in [2.24, 2.45) is 4.99 Å². The van der Waals surface area contributed by atoms with Gasteiger partial charge in [-0.3, -0.25) is 4.99 Å². The van der Waals surface area contributed by atoms with Crippen LogP contribution in [-0.4, -0.2) is 64.8 Å². The Balaban J connectivity index is 1.88. The summed E-state index contributed by atoms with van der Waals surface area (Å²) in [6.45, 7) is 3.28. The predicted molar refractivity (Wildman–Crippen MR) is 121 cm³/mol. The summed E-state index contributed by atoms with van der Waals surface area (Å²) in [5.41, 5.74) is 1.01. The van der Waals surface area contributed by atoms with E-state index in [1.807, 2.05) is 18.2 Å². The van der Waals surface area contributed by atoms with Gasteiger partial charge in [0, 0.05) is 39.3 Å². The van der Waals surface area contributed by atoms with Crippen LogP contribution >= 0.6 is 0 Å². The van der Waals surface area contributed by atoms with Crippen LogP contribution in [0.1, 0.15) is 44.6 Å². The SMILES string of the molecule is CCS(=O)(=O)N(C)CCCNC(=NC)NCc1cccc(OC)c1OC1CCCC1. The molecule has 1 aliphatic rings. The van der Waals surface area contributed by atoms with Crippen LogP contribution < -0.4 is 20.1 Å². The molecule has 0 saturated heterocycles. The summed E-state index contributed by atoms with van der Waals surface area (Å²) in [6.07, 6.45) is 5.50. The topological polar surface area (TPSA) is 92.3 Å². The molecule has 0 bridgehead atoms. The molecule has 0 aliphatic heterocycles. The van der Waals surface area contributed by atoms with Crippen molar-refractivity contribution in [1.29, 1.82) is 0 Å². The lowest BCUT2D eigenvalue weighted by atomic mass is 10.1. The van der Waals surface area contributed by atoms with Gasteiger partial charge in [-0.25, -0.2) is 12.7 Å². The van der Waals surface area contributed by atoms with E-state index in [1.54, 1.807) is 28.1 Å². The first-order valence-electron chi connectivity index (χ1n) is 10.6. The third-order valence-corrected chi connectivity index (χ3v) is 7.18. The molecule has 1 aliphatic carbocycles. The number of guanidine groups is 1. The number of ether oxygens (including phenoxy) is 2. The maximum atomic E-state index is 11.8. The molecule has 2 rings (SSSR count). The molecule has 0 atom stereocenters. The lowest BCUT2D eigenvalue weighted by Gasteiger charge is -2.20. The van der Waals surface area contributed by atoms with Gasteiger partial charge in [-0.05, 0) is 45.1 Å². The van der Waals surface area contributed by atoms with Crippen LogP contribution in [0.2, 0.25) is 0 Å². The zero-order valence-corrected chi connectivity index (χ0v) is 19.4. The van der Waals surface area contributed by atoms with E-state index in [2.05, 4.69) is 15.6 Å². The number of sulfonamides is 1. The molecule has 1 fully saturated rings. The highest BCUT2D eigenvalue weighted by atomic mass is 32.2. The molecule has 1 aromatic carbocycles. The van der Waals surface area contributed by atoms with Gasteiger partial charge in [-0.15, -0.1) is 0 Å². The summed E-state index contributed by atoms with van der Waals surface area (Å²) in [5, 5.41) is 6.53. The lowest BCUT2D eigenvalue weighted by Crippen LogP contribution is -2.38. The van der Waals surface area contributed by atoms with Gasteiger partial charge in [0.05, 0.1) is 19.0 Å². The summed E-state index contributed by atoms with van der Waals surface area (Å²) in [7, 11) is 1.84. The Morgan fingerprint density at radius 2 is 2.00 bits per heavy atom. The summed E-state index contributed by atoms with van der Waals surface area (Å²) in [6, 6.07) is 5.90. The highest BCUT2D eigenvalue weighted by Gasteiger charge is 2.20. The average molecular weight is 441 g/mol. The number of rotatable bonds is 11. The van der Waals surface area contributed by atoms with Crippen molar-refractivity contribution in [2.45, 2.75) is 51.7 Å². The van der Waals surface area contributed by atoms with Crippen molar-refractivity contribution in [2.75, 3.05) is 40.0 Å². The van der Waals surface area contributed by atoms with Gasteiger partial charge >= 0.3 is 0 Å². The van der Waals surface area contributed by atoms with E-state index in [0.717, 1.165) is 29.9 Å². The average Bonchev–Trinajstić information content (AvgIpc) is 3.26. The van der Waals surface area contributed by atoms with Crippen LogP contribution in [0, 0.1) is 0 Å². The molecule has 8 nitrogen and oxygen atoms in total. The molecule has 2 N–H and O–H groups in total. The van der Waals surface area contributed by atoms with Crippen molar-refractivity contribution >= 4 is 16.0 Å². The largest absolute Gasteiger partial charge is 0.493 e. The fraction of sp³-hybridized carbons (Fsp3) is 0.667. The normalized spacial score (nSPS) is 15.4. The molecule has 0 spiro atoms. The molecular weight excluding hydrogens is 404 g/mol. The first kappa shape index (κ1) is 24.3. The summed E-state index contributed by atoms with van der Waals surface area (Å²) in [4.78, 5) is 4.25. The van der Waals surface area contributed by atoms with E-state index < -0.39 is 10.0 Å². The molecule has 0 unspecified atom stereocenters. The second-order valence-electron chi connectivity index (χ2n) is 7.40. The minimum absolute atomic E-state index is 0.117. The monoisotopic (exact) mass is 440 g/mol. The summed E-state index contributed by atoms with van der Waals surface area (Å²) < 4.78 is 36.8. The molecule has 1 aromatic rings. The number of nitrogens with one attached hydrogen (secondary N) is 2. The van der Waals surface area contributed by atoms with Gasteiger partial charge in [0.1, 0.15) is 0 Å². The number of hydrogen-bond donors (Lipinski definition) is 2. The van der Waals surface area contributed by atoms with Crippen molar-refractivity contribution in [1.82, 2.24) is 14.9 Å². The van der Waals surface area contributed by atoms with Gasteiger partial charge in [0.2, 0.25) is 10.0 Å². The molecule has 1 saturated carbocycles. The predicted octanol–water partition coefficient (Wildman–Crippen LogP) is 2.35. The zero-order valence-electron chi connectivity index (χ0n) is 18.6. The number of methoxy groups -OCH3 is 1. The molecule has 30 heavy (non-hydrogen) atoms. The fourth-order valence-corrected chi connectivity index (χ4v) is 4.28. The van der Waals surface area contributed by atoms with E-state index in [0.29, 0.717) is 32.0 Å². The minimum atomic E-state index is -3.14. The number of nitrogens with zero attached hydrogens (tertiary/aromatic N) is 2. The van der Waals surface area contributed by atoms with E-state index in [4.69, 9.17) is 9.47 Å². The van der Waals surface area contributed by atoms with E-state index in [-0.39, 0.29) is 11.9 Å². The number of aliphatic imine (C=N–C) groups is 1. The van der Waals surface area contributed by atoms with Crippen molar-refractivity contribution in [3.8, 4) is 11.5 Å². The quantitative estimate of drug-likeness (QED) is 0.312. The van der Waals surface area contributed by atoms with Crippen LogP contribution in [0.15, 0.2) is 23.2 Å². The molecule has 9 heteroatoms. The number of benzene rings is 1. The molecule has 0 radical (unpaired) electrons. The Labute approximate surface area is 181 Å². The van der Waals surface area contributed by atoms with Crippen molar-refractivity contribution < 1.29 is 17.9 Å². The molecule has 0 aromatic heterocycles. The second kappa shape index (κ2) is 12.0. The summed E-state index contributed by atoms with van der Waals surface area (Å²) >= 11 is 0. The van der Waals surface area contributed by atoms with Crippen LogP contribution in [0.4, 0.5) is 0 Å². The highest BCUT2D eigenvalue weighted by Crippen LogP contribution is 2.34. The minimum Gasteiger partial charge on any atom is -0.493 e. The van der Waals surface area contributed by atoms with Crippen LogP contribution in [-0.2, 0) is 16.6 Å². The Hall–Kier alpha value is -2.00. The van der Waals surface area contributed by atoms with E-state index in [9.17, 15) is 8.42 Å². The van der Waals surface area contributed by atoms with Gasteiger partial charge in [0.25, 0.3) is 0 Å². The molecular formula is C21H36N4O4S. The van der Waals surface area contributed by atoms with Gasteiger partial charge < -0.3 is 20.1 Å². The van der Waals surface area contributed by atoms with Crippen LogP contribution in [0.25, 0.3) is 0 Å². The number of para-hydroxylation sites is 1. The summed E-state index contributed by atoms with van der Waals surface area (Å²) in [5.74, 6) is 2.31. The Morgan fingerprint density at radius 1 is 1.27 bits per heavy atom. The smallest absolute Gasteiger partial charge is 0.213 e. The van der Waals surface area contributed by atoms with Crippen molar-refractivity contribution in [3.05, 3.63) is 23.8 Å². The molecule has 170 valence electrons. The molecule has 0 amide bonds. The maximum Gasteiger partial charge on any atom is 0.213 e.